The normalized spacial score (nSPS) is 14.1. The van der Waals surface area contributed by atoms with Gasteiger partial charge in [-0.15, -0.1) is 37.2 Å². The Bertz CT molecular complexity index is 1080. The van der Waals surface area contributed by atoms with Crippen molar-refractivity contribution in [3.05, 3.63) is 40.2 Å². The first-order chi connectivity index (χ1) is 15.2. The highest BCUT2D eigenvalue weighted by Gasteiger charge is 2.23. The van der Waals surface area contributed by atoms with E-state index in [9.17, 15) is 19.2 Å². The molecule has 3 rings (SSSR count). The molecule has 2 aromatic rings. The van der Waals surface area contributed by atoms with E-state index in [4.69, 9.17) is 15.9 Å². The maximum absolute atomic E-state index is 12.3. The molecule has 1 aromatic heterocycles. The summed E-state index contributed by atoms with van der Waals surface area (Å²) in [6, 6.07) is 4.93. The SMILES string of the molecule is Cl.Cl.Cl.Nc1nc2c(c(=O)[nH]1)NC(CNc1ccc(C(=O)NC(CCC(=O)O)C(=O)O)cc1)CN2. The largest absolute Gasteiger partial charge is 0.481 e. The van der Waals surface area contributed by atoms with E-state index in [1.807, 2.05) is 0 Å². The third-order valence-corrected chi connectivity index (χ3v) is 4.75. The van der Waals surface area contributed by atoms with Crippen LogP contribution in [0.25, 0.3) is 0 Å². The molecule has 2 heterocycles. The number of carboxylic acid groups (broad SMARTS) is 2. The van der Waals surface area contributed by atoms with Gasteiger partial charge in [-0.05, 0) is 30.7 Å². The molecule has 0 saturated carbocycles. The third-order valence-electron chi connectivity index (χ3n) is 4.75. The molecule has 0 saturated heterocycles. The Morgan fingerprint density at radius 2 is 1.80 bits per heavy atom. The van der Waals surface area contributed by atoms with Gasteiger partial charge < -0.3 is 37.2 Å². The molecule has 1 aromatic carbocycles. The Kier molecular flexibility index (Phi) is 12.7. The van der Waals surface area contributed by atoms with Crippen LogP contribution in [-0.2, 0) is 9.59 Å². The number of nitrogens with two attached hydrogens (primary N) is 1. The zero-order valence-electron chi connectivity index (χ0n) is 18.1. The van der Waals surface area contributed by atoms with Gasteiger partial charge >= 0.3 is 11.9 Å². The van der Waals surface area contributed by atoms with Gasteiger partial charge in [-0.25, -0.2) is 4.79 Å². The van der Waals surface area contributed by atoms with Crippen molar-refractivity contribution in [1.82, 2.24) is 15.3 Å². The second-order valence-corrected chi connectivity index (χ2v) is 7.15. The smallest absolute Gasteiger partial charge is 0.326 e. The average molecular weight is 555 g/mol. The van der Waals surface area contributed by atoms with Crippen LogP contribution < -0.4 is 32.6 Å². The number of amides is 1. The lowest BCUT2D eigenvalue weighted by atomic mass is 10.1. The number of hydrogen-bond acceptors (Lipinski definition) is 9. The van der Waals surface area contributed by atoms with Gasteiger partial charge in [0.05, 0.1) is 6.04 Å². The number of nitrogens with one attached hydrogen (secondary N) is 5. The Balaban J connectivity index is 0.00000385. The number of benzene rings is 1. The maximum Gasteiger partial charge on any atom is 0.326 e. The van der Waals surface area contributed by atoms with Crippen molar-refractivity contribution in [1.29, 1.82) is 0 Å². The lowest BCUT2D eigenvalue weighted by Crippen LogP contribution is -2.41. The number of carboxylic acids is 2. The van der Waals surface area contributed by atoms with Crippen LogP contribution in [0, 0.1) is 0 Å². The predicted octanol–water partition coefficient (Wildman–Crippen LogP) is 0.983. The Hall–Kier alpha value is -3.42. The van der Waals surface area contributed by atoms with E-state index >= 15 is 0 Å². The van der Waals surface area contributed by atoms with Crippen LogP contribution in [0.4, 0.5) is 23.1 Å². The van der Waals surface area contributed by atoms with E-state index in [1.54, 1.807) is 12.1 Å². The lowest BCUT2D eigenvalue weighted by Gasteiger charge is -2.27. The summed E-state index contributed by atoms with van der Waals surface area (Å²) in [5.74, 6) is -2.64. The molecule has 194 valence electrons. The number of fused-ring (bicyclic) bond motifs is 1. The minimum Gasteiger partial charge on any atom is -0.481 e. The van der Waals surface area contributed by atoms with Crippen molar-refractivity contribution in [2.75, 3.05) is 34.8 Å². The molecule has 16 heteroatoms. The van der Waals surface area contributed by atoms with Gasteiger partial charge in [0.15, 0.2) is 5.82 Å². The van der Waals surface area contributed by atoms with Crippen molar-refractivity contribution in [3.63, 3.8) is 0 Å². The zero-order valence-corrected chi connectivity index (χ0v) is 20.5. The van der Waals surface area contributed by atoms with Crippen LogP contribution >= 0.6 is 37.2 Å². The highest BCUT2D eigenvalue weighted by Crippen LogP contribution is 2.20. The van der Waals surface area contributed by atoms with E-state index in [0.717, 1.165) is 0 Å². The molecule has 35 heavy (non-hydrogen) atoms. The highest BCUT2D eigenvalue weighted by atomic mass is 35.5. The van der Waals surface area contributed by atoms with Crippen molar-refractivity contribution in [3.8, 4) is 0 Å². The molecule has 13 nitrogen and oxygen atoms in total. The van der Waals surface area contributed by atoms with Crippen LogP contribution in [0.1, 0.15) is 23.2 Å². The first-order valence-corrected chi connectivity index (χ1v) is 9.72. The van der Waals surface area contributed by atoms with Crippen molar-refractivity contribution < 1.29 is 24.6 Å². The van der Waals surface area contributed by atoms with Crippen LogP contribution in [0.5, 0.6) is 0 Å². The van der Waals surface area contributed by atoms with Gasteiger partial charge in [0.25, 0.3) is 11.5 Å². The number of rotatable bonds is 9. The first-order valence-electron chi connectivity index (χ1n) is 9.72. The molecule has 2 atom stereocenters. The molecule has 0 spiro atoms. The number of nitrogen functional groups attached to an aromatic ring is 1. The summed E-state index contributed by atoms with van der Waals surface area (Å²) >= 11 is 0. The van der Waals surface area contributed by atoms with Gasteiger partial charge in [-0.3, -0.25) is 19.4 Å². The topological polar surface area (TPSA) is 212 Å². The Labute approximate surface area is 217 Å². The summed E-state index contributed by atoms with van der Waals surface area (Å²) in [6.45, 7) is 0.960. The summed E-state index contributed by atoms with van der Waals surface area (Å²) in [7, 11) is 0. The summed E-state index contributed by atoms with van der Waals surface area (Å²) in [6.07, 6.45) is -0.587. The third kappa shape index (κ3) is 8.70. The number of H-pyrrole nitrogens is 1. The van der Waals surface area contributed by atoms with E-state index in [2.05, 4.69) is 31.2 Å². The van der Waals surface area contributed by atoms with E-state index in [1.165, 1.54) is 12.1 Å². The standard InChI is InChI=1S/C19H23N7O6.3ClH/c20-19-25-15-14(17(30)26-19)23-11(8-22-15)7-21-10-3-1-9(2-4-10)16(29)24-12(18(31)32)5-6-13(27)28;;;/h1-4,11-12,21,23H,5-8H2,(H,24,29)(H,27,28)(H,31,32)(H4,20,22,25,26,30);3*1H. The number of aliphatic carboxylic acids is 2. The highest BCUT2D eigenvalue weighted by molar-refractivity contribution is 5.97. The zero-order chi connectivity index (χ0) is 23.3. The summed E-state index contributed by atoms with van der Waals surface area (Å²) in [4.78, 5) is 52.6. The fraction of sp³-hybridized carbons (Fsp3) is 0.316. The summed E-state index contributed by atoms with van der Waals surface area (Å²) in [5, 5.41) is 29.5. The molecular weight excluding hydrogens is 529 g/mol. The fourth-order valence-corrected chi connectivity index (χ4v) is 3.10. The molecule has 1 aliphatic heterocycles. The monoisotopic (exact) mass is 553 g/mol. The summed E-state index contributed by atoms with van der Waals surface area (Å²) in [5.41, 5.74) is 6.40. The van der Waals surface area contributed by atoms with Gasteiger partial charge in [-0.2, -0.15) is 4.98 Å². The van der Waals surface area contributed by atoms with Crippen molar-refractivity contribution >= 4 is 78.2 Å². The lowest BCUT2D eigenvalue weighted by molar-refractivity contribution is -0.140. The Morgan fingerprint density at radius 1 is 1.14 bits per heavy atom. The van der Waals surface area contributed by atoms with Gasteiger partial charge in [0.2, 0.25) is 5.95 Å². The van der Waals surface area contributed by atoms with E-state index in [-0.39, 0.29) is 73.2 Å². The minimum absolute atomic E-state index is 0. The van der Waals surface area contributed by atoms with Gasteiger partial charge in [-0.1, -0.05) is 0 Å². The maximum atomic E-state index is 12.3. The second-order valence-electron chi connectivity index (χ2n) is 7.15. The van der Waals surface area contributed by atoms with E-state index in [0.29, 0.717) is 30.3 Å². The number of carbonyl (C=O) groups excluding carboxylic acids is 1. The molecule has 1 amide bonds. The molecule has 1 aliphatic rings. The quantitative estimate of drug-likeness (QED) is 0.219. The number of nitrogens with zero attached hydrogens (tertiary/aromatic N) is 1. The minimum atomic E-state index is -1.30. The van der Waals surface area contributed by atoms with Crippen LogP contribution in [0.15, 0.2) is 29.1 Å². The number of anilines is 4. The first kappa shape index (κ1) is 31.6. The van der Waals surface area contributed by atoms with Crippen LogP contribution in [-0.4, -0.2) is 63.2 Å². The molecule has 0 aliphatic carbocycles. The average Bonchev–Trinajstić information content (AvgIpc) is 2.75. The number of aromatic amines is 1. The van der Waals surface area contributed by atoms with Crippen LogP contribution in [0.3, 0.4) is 0 Å². The van der Waals surface area contributed by atoms with Gasteiger partial charge in [0, 0.05) is 30.8 Å². The van der Waals surface area contributed by atoms with Crippen molar-refractivity contribution in [2.24, 2.45) is 0 Å². The molecular formula is C19H26Cl3N7O6. The molecule has 2 unspecified atom stereocenters. The predicted molar refractivity (Wildman–Crippen MR) is 138 cm³/mol. The number of hydrogen-bond donors (Lipinski definition) is 8. The second kappa shape index (κ2) is 14.1. The summed E-state index contributed by atoms with van der Waals surface area (Å²) < 4.78 is 0. The molecule has 0 fully saturated rings. The molecule has 0 bridgehead atoms. The van der Waals surface area contributed by atoms with Crippen molar-refractivity contribution in [2.45, 2.75) is 24.9 Å². The van der Waals surface area contributed by atoms with Gasteiger partial charge in [0.1, 0.15) is 11.7 Å². The molecule has 0 radical (unpaired) electrons. The van der Waals surface area contributed by atoms with E-state index < -0.39 is 23.9 Å². The number of halogens is 3. The number of carbonyl (C=O) groups is 3. The number of aromatic nitrogens is 2. The molecule has 9 N–H and O–H groups in total. The Morgan fingerprint density at radius 3 is 2.40 bits per heavy atom. The fourth-order valence-electron chi connectivity index (χ4n) is 3.10. The van der Waals surface area contributed by atoms with Crippen LogP contribution in [0.2, 0.25) is 0 Å².